The van der Waals surface area contributed by atoms with E-state index in [1.807, 2.05) is 0 Å². The van der Waals surface area contributed by atoms with Crippen molar-refractivity contribution in [3.63, 3.8) is 0 Å². The van der Waals surface area contributed by atoms with E-state index in [-0.39, 0.29) is 6.07 Å². The number of aromatic hydroxyl groups is 1. The first-order chi connectivity index (χ1) is 6.25. The molecule has 1 aromatic carbocycles. The largest absolute Gasteiger partial charge is 0.505 e. The van der Waals surface area contributed by atoms with Crippen LogP contribution in [0.1, 0.15) is 19.4 Å². The molecule has 14 heavy (non-hydrogen) atoms. The monoisotopic (exact) mass is 205 g/mol. The molecule has 5 heteroatoms. The van der Waals surface area contributed by atoms with Crippen LogP contribution in [0.3, 0.4) is 0 Å². The summed E-state index contributed by atoms with van der Waals surface area (Å²) in [5.41, 5.74) is 3.55. The summed E-state index contributed by atoms with van der Waals surface area (Å²) in [6, 6.07) is 0.278. The fraction of sp³-hybridized carbons (Fsp3) is 0.333. The normalized spacial score (nSPS) is 11.9. The summed E-state index contributed by atoms with van der Waals surface area (Å²) >= 11 is 0. The molecule has 0 bridgehead atoms. The third-order valence-corrected chi connectivity index (χ3v) is 1.79. The standard InChI is InChI=1S/C9H10F3NO/c1-9(2,13)6-7(12)4(10)3-5(11)8(6)14/h3,14H,13H2,1-2H3. The topological polar surface area (TPSA) is 46.2 Å². The molecular formula is C9H10F3NO. The molecule has 0 unspecified atom stereocenters. The maximum Gasteiger partial charge on any atom is 0.168 e. The van der Waals surface area contributed by atoms with Crippen molar-refractivity contribution < 1.29 is 18.3 Å². The van der Waals surface area contributed by atoms with E-state index in [0.717, 1.165) is 0 Å². The Morgan fingerprint density at radius 1 is 1.21 bits per heavy atom. The highest BCUT2D eigenvalue weighted by Crippen LogP contribution is 2.33. The number of rotatable bonds is 1. The average molecular weight is 205 g/mol. The summed E-state index contributed by atoms with van der Waals surface area (Å²) in [5, 5.41) is 9.18. The van der Waals surface area contributed by atoms with Gasteiger partial charge < -0.3 is 10.8 Å². The Balaban J connectivity index is 3.56. The lowest BCUT2D eigenvalue weighted by atomic mass is 9.93. The van der Waals surface area contributed by atoms with E-state index < -0.39 is 34.3 Å². The van der Waals surface area contributed by atoms with Crippen molar-refractivity contribution in [2.45, 2.75) is 19.4 Å². The van der Waals surface area contributed by atoms with Gasteiger partial charge in [0.1, 0.15) is 0 Å². The van der Waals surface area contributed by atoms with Gasteiger partial charge in [-0.3, -0.25) is 0 Å². The van der Waals surface area contributed by atoms with Gasteiger partial charge in [0.2, 0.25) is 0 Å². The fourth-order valence-electron chi connectivity index (χ4n) is 1.17. The smallest absolute Gasteiger partial charge is 0.168 e. The van der Waals surface area contributed by atoms with Crippen molar-refractivity contribution in [3.8, 4) is 5.75 Å². The molecule has 0 aliphatic carbocycles. The molecule has 0 atom stereocenters. The van der Waals surface area contributed by atoms with Crippen LogP contribution in [0.15, 0.2) is 6.07 Å². The molecule has 0 heterocycles. The number of phenols is 1. The van der Waals surface area contributed by atoms with Gasteiger partial charge in [-0.1, -0.05) is 0 Å². The zero-order valence-electron chi connectivity index (χ0n) is 7.74. The molecule has 0 aliphatic heterocycles. The van der Waals surface area contributed by atoms with Gasteiger partial charge in [0, 0.05) is 11.6 Å². The Morgan fingerprint density at radius 3 is 2.14 bits per heavy atom. The Labute approximate surface area is 79.2 Å². The molecule has 0 aromatic heterocycles. The van der Waals surface area contributed by atoms with Crippen LogP contribution >= 0.6 is 0 Å². The Morgan fingerprint density at radius 2 is 1.71 bits per heavy atom. The first kappa shape index (κ1) is 10.8. The SMILES string of the molecule is CC(C)(N)c1c(O)c(F)cc(F)c1F. The van der Waals surface area contributed by atoms with E-state index in [9.17, 15) is 18.3 Å². The van der Waals surface area contributed by atoms with Crippen molar-refractivity contribution in [2.24, 2.45) is 5.73 Å². The molecule has 0 spiro atoms. The summed E-state index contributed by atoms with van der Waals surface area (Å²) in [5.74, 6) is -4.86. The van der Waals surface area contributed by atoms with Crippen LogP contribution in [0.5, 0.6) is 5.75 Å². The van der Waals surface area contributed by atoms with Crippen molar-refractivity contribution in [1.82, 2.24) is 0 Å². The predicted octanol–water partition coefficient (Wildman–Crippen LogP) is 2.00. The van der Waals surface area contributed by atoms with Gasteiger partial charge in [0.25, 0.3) is 0 Å². The van der Waals surface area contributed by atoms with E-state index in [1.165, 1.54) is 13.8 Å². The number of hydrogen-bond donors (Lipinski definition) is 2. The van der Waals surface area contributed by atoms with E-state index >= 15 is 0 Å². The maximum absolute atomic E-state index is 13.2. The highest BCUT2D eigenvalue weighted by atomic mass is 19.2. The zero-order chi connectivity index (χ0) is 11.1. The minimum atomic E-state index is -1.37. The van der Waals surface area contributed by atoms with Crippen LogP contribution in [-0.4, -0.2) is 5.11 Å². The summed E-state index contributed by atoms with van der Waals surface area (Å²) in [6.07, 6.45) is 0. The molecule has 0 amide bonds. The van der Waals surface area contributed by atoms with Crippen molar-refractivity contribution in [2.75, 3.05) is 0 Å². The minimum Gasteiger partial charge on any atom is -0.505 e. The minimum absolute atomic E-state index is 0.278. The summed E-state index contributed by atoms with van der Waals surface area (Å²) in [4.78, 5) is 0. The highest BCUT2D eigenvalue weighted by Gasteiger charge is 2.28. The van der Waals surface area contributed by atoms with Gasteiger partial charge in [-0.25, -0.2) is 13.2 Å². The van der Waals surface area contributed by atoms with Gasteiger partial charge in [-0.15, -0.1) is 0 Å². The predicted molar refractivity (Wildman–Crippen MR) is 45.2 cm³/mol. The van der Waals surface area contributed by atoms with Gasteiger partial charge in [0.15, 0.2) is 23.2 Å². The third kappa shape index (κ3) is 1.68. The highest BCUT2D eigenvalue weighted by molar-refractivity contribution is 5.40. The summed E-state index contributed by atoms with van der Waals surface area (Å²) in [6.45, 7) is 2.67. The molecule has 0 radical (unpaired) electrons. The second-order valence-corrected chi connectivity index (χ2v) is 3.60. The lowest BCUT2D eigenvalue weighted by molar-refractivity contribution is 0.374. The van der Waals surface area contributed by atoms with Crippen LogP contribution < -0.4 is 5.73 Å². The van der Waals surface area contributed by atoms with Crippen LogP contribution in [0.2, 0.25) is 0 Å². The van der Waals surface area contributed by atoms with Crippen LogP contribution in [0.25, 0.3) is 0 Å². The van der Waals surface area contributed by atoms with Crippen molar-refractivity contribution in [1.29, 1.82) is 0 Å². The summed E-state index contributed by atoms with van der Waals surface area (Å²) in [7, 11) is 0. The van der Waals surface area contributed by atoms with Crippen molar-refractivity contribution in [3.05, 3.63) is 29.1 Å². The Hall–Kier alpha value is -1.23. The lowest BCUT2D eigenvalue weighted by Gasteiger charge is -2.21. The summed E-state index contributed by atoms with van der Waals surface area (Å²) < 4.78 is 38.8. The van der Waals surface area contributed by atoms with Crippen LogP contribution in [0.4, 0.5) is 13.2 Å². The van der Waals surface area contributed by atoms with Gasteiger partial charge in [0.05, 0.1) is 5.56 Å². The van der Waals surface area contributed by atoms with Gasteiger partial charge in [-0.2, -0.15) is 0 Å². The molecule has 0 fully saturated rings. The number of nitrogens with two attached hydrogens (primary N) is 1. The van der Waals surface area contributed by atoms with Gasteiger partial charge in [-0.05, 0) is 13.8 Å². The van der Waals surface area contributed by atoms with Gasteiger partial charge >= 0.3 is 0 Å². The molecule has 2 nitrogen and oxygen atoms in total. The Bertz CT molecular complexity index is 345. The quantitative estimate of drug-likeness (QED) is 0.689. The van der Waals surface area contributed by atoms with E-state index in [4.69, 9.17) is 5.73 Å². The Kier molecular flexibility index (Phi) is 2.45. The number of hydrogen-bond acceptors (Lipinski definition) is 2. The molecule has 1 rings (SSSR count). The number of phenolic OH excluding ortho intramolecular Hbond substituents is 1. The second-order valence-electron chi connectivity index (χ2n) is 3.60. The number of benzene rings is 1. The molecule has 1 aromatic rings. The molecular weight excluding hydrogens is 195 g/mol. The zero-order valence-corrected chi connectivity index (χ0v) is 7.74. The van der Waals surface area contributed by atoms with Crippen LogP contribution in [-0.2, 0) is 5.54 Å². The maximum atomic E-state index is 13.2. The molecule has 0 saturated carbocycles. The van der Waals surface area contributed by atoms with E-state index in [1.54, 1.807) is 0 Å². The third-order valence-electron chi connectivity index (χ3n) is 1.79. The fourth-order valence-corrected chi connectivity index (χ4v) is 1.17. The number of halogens is 3. The average Bonchev–Trinajstić information content (AvgIpc) is 1.98. The second kappa shape index (κ2) is 3.16. The van der Waals surface area contributed by atoms with Crippen molar-refractivity contribution >= 4 is 0 Å². The molecule has 3 N–H and O–H groups in total. The molecule has 0 saturated heterocycles. The lowest BCUT2D eigenvalue weighted by Crippen LogP contribution is -2.30. The molecule has 78 valence electrons. The molecule has 0 aliphatic rings. The first-order valence-corrected chi connectivity index (χ1v) is 3.91. The first-order valence-electron chi connectivity index (χ1n) is 3.91. The van der Waals surface area contributed by atoms with E-state index in [0.29, 0.717) is 0 Å². The van der Waals surface area contributed by atoms with Crippen LogP contribution in [0, 0.1) is 17.5 Å². The van der Waals surface area contributed by atoms with E-state index in [2.05, 4.69) is 0 Å².